The quantitative estimate of drug-likeness (QED) is 0.646. The molecule has 15 heavy (non-hydrogen) atoms. The van der Waals surface area contributed by atoms with Crippen LogP contribution in [0.4, 0.5) is 0 Å². The van der Waals surface area contributed by atoms with Crippen molar-refractivity contribution in [2.75, 3.05) is 33.5 Å². The molecule has 1 aromatic heterocycles. The average molecular weight is 210 g/mol. The Morgan fingerprint density at radius 1 is 1.20 bits per heavy atom. The van der Waals surface area contributed by atoms with E-state index in [9.17, 15) is 0 Å². The second-order valence-corrected chi connectivity index (χ2v) is 3.14. The molecule has 0 bridgehead atoms. The van der Waals surface area contributed by atoms with Gasteiger partial charge >= 0.3 is 0 Å². The van der Waals surface area contributed by atoms with Crippen LogP contribution in [0.2, 0.25) is 0 Å². The van der Waals surface area contributed by atoms with Crippen molar-refractivity contribution in [2.45, 2.75) is 6.54 Å². The monoisotopic (exact) mass is 210 g/mol. The zero-order chi connectivity index (χ0) is 10.8. The van der Waals surface area contributed by atoms with Crippen molar-refractivity contribution in [2.24, 2.45) is 0 Å². The minimum absolute atomic E-state index is 0.657. The predicted octanol–water partition coefficient (Wildman–Crippen LogP) is 0.834. The van der Waals surface area contributed by atoms with Crippen molar-refractivity contribution < 1.29 is 9.47 Å². The first-order chi connectivity index (χ1) is 7.43. The molecule has 1 aromatic rings. The molecule has 4 nitrogen and oxygen atoms in total. The third-order valence-electron chi connectivity index (χ3n) is 1.93. The molecule has 1 N–H and O–H groups in total. The number of hydrogen-bond donors (Lipinski definition) is 1. The zero-order valence-corrected chi connectivity index (χ0v) is 9.11. The maximum Gasteiger partial charge on any atom is 0.0700 e. The van der Waals surface area contributed by atoms with Crippen LogP contribution in [0.5, 0.6) is 0 Å². The van der Waals surface area contributed by atoms with Gasteiger partial charge in [0, 0.05) is 32.6 Å². The molecular weight excluding hydrogens is 192 g/mol. The van der Waals surface area contributed by atoms with E-state index in [0.717, 1.165) is 13.1 Å². The number of nitrogens with zero attached hydrogens (tertiary/aromatic N) is 1. The Bertz CT molecular complexity index is 242. The molecule has 4 heteroatoms. The molecule has 0 amide bonds. The molecule has 0 spiro atoms. The fraction of sp³-hybridized carbons (Fsp3) is 0.545. The van der Waals surface area contributed by atoms with E-state index in [0.29, 0.717) is 19.8 Å². The van der Waals surface area contributed by atoms with Gasteiger partial charge in [-0.25, -0.2) is 0 Å². The van der Waals surface area contributed by atoms with Gasteiger partial charge < -0.3 is 14.8 Å². The van der Waals surface area contributed by atoms with Gasteiger partial charge in [0.1, 0.15) is 0 Å². The summed E-state index contributed by atoms with van der Waals surface area (Å²) < 4.78 is 10.2. The van der Waals surface area contributed by atoms with Crippen LogP contribution in [0.1, 0.15) is 5.56 Å². The smallest absolute Gasteiger partial charge is 0.0700 e. The summed E-state index contributed by atoms with van der Waals surface area (Å²) in [5.41, 5.74) is 1.24. The molecule has 0 aliphatic carbocycles. The van der Waals surface area contributed by atoms with Gasteiger partial charge in [-0.05, 0) is 17.7 Å². The Balaban J connectivity index is 1.93. The number of aromatic nitrogens is 1. The molecule has 0 radical (unpaired) electrons. The minimum Gasteiger partial charge on any atom is -0.382 e. The zero-order valence-electron chi connectivity index (χ0n) is 9.11. The van der Waals surface area contributed by atoms with Crippen LogP contribution in [0.3, 0.4) is 0 Å². The Kier molecular flexibility index (Phi) is 6.73. The van der Waals surface area contributed by atoms with Gasteiger partial charge in [0.15, 0.2) is 0 Å². The Morgan fingerprint density at radius 2 is 2.00 bits per heavy atom. The van der Waals surface area contributed by atoms with E-state index in [1.807, 2.05) is 12.1 Å². The summed E-state index contributed by atoms with van der Waals surface area (Å²) in [5, 5.41) is 3.28. The molecule has 0 fully saturated rings. The summed E-state index contributed by atoms with van der Waals surface area (Å²) in [5.74, 6) is 0. The first-order valence-electron chi connectivity index (χ1n) is 5.10. The fourth-order valence-electron chi connectivity index (χ4n) is 1.12. The molecule has 1 heterocycles. The van der Waals surface area contributed by atoms with E-state index in [1.165, 1.54) is 5.56 Å². The molecule has 84 valence electrons. The Hall–Kier alpha value is -0.970. The van der Waals surface area contributed by atoms with Crippen LogP contribution < -0.4 is 5.32 Å². The van der Waals surface area contributed by atoms with Crippen LogP contribution in [-0.2, 0) is 16.0 Å². The summed E-state index contributed by atoms with van der Waals surface area (Å²) in [6.07, 6.45) is 3.60. The van der Waals surface area contributed by atoms with Gasteiger partial charge in [0.2, 0.25) is 0 Å². The molecular formula is C11H18N2O2. The molecule has 0 aliphatic heterocycles. The highest BCUT2D eigenvalue weighted by Gasteiger charge is 1.91. The molecule has 0 unspecified atom stereocenters. The average Bonchev–Trinajstić information content (AvgIpc) is 2.29. The van der Waals surface area contributed by atoms with E-state index in [-0.39, 0.29) is 0 Å². The molecule has 0 aromatic carbocycles. The standard InChI is InChI=1S/C11H18N2O2/c1-14-8-9-15-7-6-13-10-11-2-4-12-5-3-11/h2-5,13H,6-10H2,1H3. The molecule has 0 saturated carbocycles. The highest BCUT2D eigenvalue weighted by molar-refractivity contribution is 5.08. The lowest BCUT2D eigenvalue weighted by molar-refractivity contribution is 0.0719. The lowest BCUT2D eigenvalue weighted by Gasteiger charge is -2.05. The summed E-state index contributed by atoms with van der Waals surface area (Å²) in [7, 11) is 1.67. The van der Waals surface area contributed by atoms with Crippen LogP contribution in [-0.4, -0.2) is 38.5 Å². The molecule has 0 saturated heterocycles. The lowest BCUT2D eigenvalue weighted by atomic mass is 10.3. The highest BCUT2D eigenvalue weighted by atomic mass is 16.5. The predicted molar refractivity (Wildman–Crippen MR) is 58.6 cm³/mol. The Morgan fingerprint density at radius 3 is 2.73 bits per heavy atom. The first kappa shape index (κ1) is 12.1. The fourth-order valence-corrected chi connectivity index (χ4v) is 1.12. The summed E-state index contributed by atoms with van der Waals surface area (Å²) in [6, 6.07) is 4.00. The van der Waals surface area contributed by atoms with E-state index in [1.54, 1.807) is 19.5 Å². The second-order valence-electron chi connectivity index (χ2n) is 3.14. The van der Waals surface area contributed by atoms with Gasteiger partial charge in [-0.15, -0.1) is 0 Å². The van der Waals surface area contributed by atoms with Gasteiger partial charge in [-0.1, -0.05) is 0 Å². The number of pyridine rings is 1. The maximum absolute atomic E-state index is 5.31. The normalized spacial score (nSPS) is 10.5. The van der Waals surface area contributed by atoms with Crippen molar-refractivity contribution in [3.8, 4) is 0 Å². The summed E-state index contributed by atoms with van der Waals surface area (Å²) in [4.78, 5) is 3.96. The van der Waals surface area contributed by atoms with E-state index in [2.05, 4.69) is 10.3 Å². The number of methoxy groups -OCH3 is 1. The van der Waals surface area contributed by atoms with E-state index < -0.39 is 0 Å². The topological polar surface area (TPSA) is 43.4 Å². The Labute approximate surface area is 90.6 Å². The summed E-state index contributed by atoms with van der Waals surface area (Å²) in [6.45, 7) is 3.74. The van der Waals surface area contributed by atoms with Gasteiger partial charge in [-0.2, -0.15) is 0 Å². The number of ether oxygens (including phenoxy) is 2. The van der Waals surface area contributed by atoms with Gasteiger partial charge in [0.05, 0.1) is 19.8 Å². The van der Waals surface area contributed by atoms with Gasteiger partial charge in [-0.3, -0.25) is 4.98 Å². The van der Waals surface area contributed by atoms with Crippen LogP contribution in [0, 0.1) is 0 Å². The first-order valence-corrected chi connectivity index (χ1v) is 5.10. The van der Waals surface area contributed by atoms with Crippen LogP contribution in [0.15, 0.2) is 24.5 Å². The number of hydrogen-bond acceptors (Lipinski definition) is 4. The third kappa shape index (κ3) is 6.17. The minimum atomic E-state index is 0.657. The maximum atomic E-state index is 5.31. The van der Waals surface area contributed by atoms with Crippen molar-refractivity contribution in [3.05, 3.63) is 30.1 Å². The molecule has 0 aliphatic rings. The third-order valence-corrected chi connectivity index (χ3v) is 1.93. The van der Waals surface area contributed by atoms with E-state index in [4.69, 9.17) is 9.47 Å². The van der Waals surface area contributed by atoms with Crippen LogP contribution in [0.25, 0.3) is 0 Å². The number of nitrogens with one attached hydrogen (secondary N) is 1. The largest absolute Gasteiger partial charge is 0.382 e. The van der Waals surface area contributed by atoms with Crippen LogP contribution >= 0.6 is 0 Å². The van der Waals surface area contributed by atoms with Crippen molar-refractivity contribution >= 4 is 0 Å². The van der Waals surface area contributed by atoms with Crippen molar-refractivity contribution in [1.82, 2.24) is 10.3 Å². The second kappa shape index (κ2) is 8.35. The molecule has 0 atom stereocenters. The number of rotatable bonds is 8. The lowest BCUT2D eigenvalue weighted by Crippen LogP contribution is -2.20. The van der Waals surface area contributed by atoms with Gasteiger partial charge in [0.25, 0.3) is 0 Å². The molecule has 1 rings (SSSR count). The SMILES string of the molecule is COCCOCCNCc1ccncc1. The van der Waals surface area contributed by atoms with E-state index >= 15 is 0 Å². The van der Waals surface area contributed by atoms with Crippen molar-refractivity contribution in [3.63, 3.8) is 0 Å². The van der Waals surface area contributed by atoms with Crippen molar-refractivity contribution in [1.29, 1.82) is 0 Å². The highest BCUT2D eigenvalue weighted by Crippen LogP contribution is 1.93. The summed E-state index contributed by atoms with van der Waals surface area (Å²) >= 11 is 0.